The number of aromatic nitrogens is 2. The van der Waals surface area contributed by atoms with E-state index in [4.69, 9.17) is 0 Å². The number of pyridine rings is 1. The Balaban J connectivity index is 1.79. The van der Waals surface area contributed by atoms with Gasteiger partial charge in [0, 0.05) is 35.9 Å². The summed E-state index contributed by atoms with van der Waals surface area (Å²) in [5.41, 5.74) is 2.48. The standard InChI is InChI=1S/C22H16F3N3O4/c1-12(29)13-2-4-14(5-3-13)17-10-15(6-8-26-17)19-11-16-18(7-9-27-20(16)30)28(19)32-21(31)22(23,24)25/h2-6,8,10-11H,7,9H2,1H3,(H,27,30). The first kappa shape index (κ1) is 21.3. The molecule has 164 valence electrons. The smallest absolute Gasteiger partial charge is 0.352 e. The predicted molar refractivity (Wildman–Crippen MR) is 107 cm³/mol. The van der Waals surface area contributed by atoms with Crippen LogP contribution in [0.15, 0.2) is 48.7 Å². The van der Waals surface area contributed by atoms with Crippen molar-refractivity contribution in [2.75, 3.05) is 6.54 Å². The Bertz CT molecular complexity index is 1230. The maximum Gasteiger partial charge on any atom is 0.493 e. The molecular formula is C22H16F3N3O4. The molecule has 3 aromatic rings. The molecule has 2 aromatic heterocycles. The van der Waals surface area contributed by atoms with Gasteiger partial charge < -0.3 is 10.2 Å². The molecule has 1 amide bonds. The number of carbonyl (C=O) groups is 3. The van der Waals surface area contributed by atoms with E-state index in [9.17, 15) is 27.6 Å². The summed E-state index contributed by atoms with van der Waals surface area (Å²) < 4.78 is 39.3. The molecule has 1 aromatic carbocycles. The number of Topliss-reactive ketones (excluding diaryl/α,β-unsaturated/α-hetero) is 1. The molecule has 1 aliphatic rings. The number of nitrogens with zero attached hydrogens (tertiary/aromatic N) is 2. The largest absolute Gasteiger partial charge is 0.493 e. The van der Waals surface area contributed by atoms with Crippen molar-refractivity contribution < 1.29 is 32.4 Å². The summed E-state index contributed by atoms with van der Waals surface area (Å²) in [5, 5.41) is 2.61. The topological polar surface area (TPSA) is 90.3 Å². The number of hydrogen-bond donors (Lipinski definition) is 1. The summed E-state index contributed by atoms with van der Waals surface area (Å²) in [6.07, 6.45) is -3.56. The SMILES string of the molecule is CC(=O)c1ccc(-c2cc(-c3cc4c(n3OC(=O)C(F)(F)F)CCNC4=O)ccn2)cc1. The summed E-state index contributed by atoms with van der Waals surface area (Å²) in [7, 11) is 0. The Morgan fingerprint density at radius 1 is 1.09 bits per heavy atom. The molecule has 32 heavy (non-hydrogen) atoms. The number of nitrogens with one attached hydrogen (secondary N) is 1. The lowest BCUT2D eigenvalue weighted by Gasteiger charge is -2.17. The number of fused-ring (bicyclic) bond motifs is 1. The van der Waals surface area contributed by atoms with Crippen molar-refractivity contribution in [2.24, 2.45) is 0 Å². The molecular weight excluding hydrogens is 427 g/mol. The lowest BCUT2D eigenvalue weighted by Crippen LogP contribution is -2.37. The van der Waals surface area contributed by atoms with Crippen LogP contribution in [-0.2, 0) is 11.2 Å². The molecule has 0 unspecified atom stereocenters. The number of halogens is 3. The fourth-order valence-corrected chi connectivity index (χ4v) is 3.42. The number of carbonyl (C=O) groups excluding carboxylic acids is 3. The molecule has 4 rings (SSSR count). The van der Waals surface area contributed by atoms with Crippen molar-refractivity contribution in [1.82, 2.24) is 15.0 Å². The highest BCUT2D eigenvalue weighted by molar-refractivity contribution is 5.98. The van der Waals surface area contributed by atoms with E-state index in [1.54, 1.807) is 30.3 Å². The summed E-state index contributed by atoms with van der Waals surface area (Å²) in [5.74, 6) is -2.95. The Morgan fingerprint density at radius 3 is 2.47 bits per heavy atom. The zero-order chi connectivity index (χ0) is 23.0. The molecule has 0 spiro atoms. The number of rotatable bonds is 4. The average molecular weight is 443 g/mol. The lowest BCUT2D eigenvalue weighted by molar-refractivity contribution is -0.199. The number of hydrogen-bond acceptors (Lipinski definition) is 5. The summed E-state index contributed by atoms with van der Waals surface area (Å²) in [6, 6.07) is 11.2. The van der Waals surface area contributed by atoms with Gasteiger partial charge in [0.05, 0.1) is 22.6 Å². The van der Waals surface area contributed by atoms with Crippen molar-refractivity contribution >= 4 is 17.7 Å². The lowest BCUT2D eigenvalue weighted by atomic mass is 10.0. The second kappa shape index (κ2) is 7.95. The highest BCUT2D eigenvalue weighted by atomic mass is 19.4. The van der Waals surface area contributed by atoms with Gasteiger partial charge in [-0.05, 0) is 25.1 Å². The zero-order valence-electron chi connectivity index (χ0n) is 16.7. The van der Waals surface area contributed by atoms with Gasteiger partial charge in [0.1, 0.15) is 0 Å². The van der Waals surface area contributed by atoms with E-state index in [1.165, 1.54) is 25.3 Å². The minimum Gasteiger partial charge on any atom is -0.352 e. The third-order valence-corrected chi connectivity index (χ3v) is 5.00. The van der Waals surface area contributed by atoms with E-state index in [0.717, 1.165) is 4.73 Å². The molecule has 1 aliphatic heterocycles. The average Bonchev–Trinajstić information content (AvgIpc) is 3.13. The van der Waals surface area contributed by atoms with Crippen molar-refractivity contribution in [2.45, 2.75) is 19.5 Å². The third-order valence-electron chi connectivity index (χ3n) is 5.00. The maximum absolute atomic E-state index is 12.9. The van der Waals surface area contributed by atoms with Gasteiger partial charge in [0.25, 0.3) is 5.91 Å². The molecule has 10 heteroatoms. The van der Waals surface area contributed by atoms with Gasteiger partial charge in [-0.3, -0.25) is 14.6 Å². The van der Waals surface area contributed by atoms with Crippen LogP contribution >= 0.6 is 0 Å². The highest BCUT2D eigenvalue weighted by Gasteiger charge is 2.43. The summed E-state index contributed by atoms with van der Waals surface area (Å²) in [4.78, 5) is 44.2. The van der Waals surface area contributed by atoms with Crippen LogP contribution < -0.4 is 10.2 Å². The second-order valence-corrected chi connectivity index (χ2v) is 7.13. The maximum atomic E-state index is 12.9. The molecule has 0 fully saturated rings. The molecule has 0 saturated carbocycles. The van der Waals surface area contributed by atoms with E-state index in [2.05, 4.69) is 15.1 Å². The van der Waals surface area contributed by atoms with Crippen molar-refractivity contribution in [1.29, 1.82) is 0 Å². The van der Waals surface area contributed by atoms with Crippen LogP contribution in [-0.4, -0.2) is 40.1 Å². The monoisotopic (exact) mass is 443 g/mol. The van der Waals surface area contributed by atoms with Gasteiger partial charge in [-0.15, -0.1) is 0 Å². The molecule has 0 bridgehead atoms. The first-order valence-electron chi connectivity index (χ1n) is 9.55. The quantitative estimate of drug-likeness (QED) is 0.626. The Morgan fingerprint density at radius 2 is 1.81 bits per heavy atom. The molecule has 7 nitrogen and oxygen atoms in total. The zero-order valence-corrected chi connectivity index (χ0v) is 16.7. The predicted octanol–water partition coefficient (Wildman–Crippen LogP) is 3.22. The normalized spacial score (nSPS) is 13.3. The number of benzene rings is 1. The van der Waals surface area contributed by atoms with Crippen molar-refractivity contribution in [3.05, 3.63) is 65.5 Å². The fraction of sp³-hybridized carbons (Fsp3) is 0.182. The van der Waals surface area contributed by atoms with E-state index in [-0.39, 0.29) is 35.7 Å². The Kier molecular flexibility index (Phi) is 5.29. The van der Waals surface area contributed by atoms with Gasteiger partial charge in [-0.25, -0.2) is 4.79 Å². The van der Waals surface area contributed by atoms with E-state index < -0.39 is 18.1 Å². The van der Waals surface area contributed by atoms with Crippen LogP contribution in [0.25, 0.3) is 22.5 Å². The van der Waals surface area contributed by atoms with Crippen molar-refractivity contribution in [3.8, 4) is 22.5 Å². The highest BCUT2D eigenvalue weighted by Crippen LogP contribution is 2.30. The molecule has 0 saturated heterocycles. The van der Waals surface area contributed by atoms with Crippen LogP contribution in [0.1, 0.15) is 33.3 Å². The number of amides is 1. The van der Waals surface area contributed by atoms with Crippen LogP contribution in [0.2, 0.25) is 0 Å². The minimum atomic E-state index is -5.20. The van der Waals surface area contributed by atoms with Crippen LogP contribution in [0, 0.1) is 0 Å². The minimum absolute atomic E-state index is 0.0913. The summed E-state index contributed by atoms with van der Waals surface area (Å²) in [6.45, 7) is 1.64. The van der Waals surface area contributed by atoms with Crippen molar-refractivity contribution in [3.63, 3.8) is 0 Å². The third kappa shape index (κ3) is 3.98. The van der Waals surface area contributed by atoms with Crippen LogP contribution in [0.5, 0.6) is 0 Å². The number of alkyl halides is 3. The number of ketones is 1. The molecule has 0 radical (unpaired) electrons. The van der Waals surface area contributed by atoms with E-state index in [0.29, 0.717) is 22.4 Å². The molecule has 0 atom stereocenters. The van der Waals surface area contributed by atoms with Gasteiger partial charge >= 0.3 is 12.1 Å². The van der Waals surface area contributed by atoms with Crippen LogP contribution in [0.3, 0.4) is 0 Å². The van der Waals surface area contributed by atoms with E-state index >= 15 is 0 Å². The molecule has 3 heterocycles. The second-order valence-electron chi connectivity index (χ2n) is 7.13. The molecule has 1 N–H and O–H groups in total. The van der Waals surface area contributed by atoms with E-state index in [1.807, 2.05) is 0 Å². The van der Waals surface area contributed by atoms with Gasteiger partial charge in [0.2, 0.25) is 0 Å². The van der Waals surface area contributed by atoms with Gasteiger partial charge in [-0.1, -0.05) is 24.3 Å². The first-order valence-corrected chi connectivity index (χ1v) is 9.55. The van der Waals surface area contributed by atoms with Gasteiger partial charge in [0.15, 0.2) is 5.78 Å². The fourth-order valence-electron chi connectivity index (χ4n) is 3.42. The summed E-state index contributed by atoms with van der Waals surface area (Å²) >= 11 is 0. The Labute approximate surface area is 179 Å². The first-order chi connectivity index (χ1) is 15.1. The Hall–Kier alpha value is -3.95. The van der Waals surface area contributed by atoms with Crippen LogP contribution in [0.4, 0.5) is 13.2 Å². The van der Waals surface area contributed by atoms with Gasteiger partial charge in [-0.2, -0.15) is 17.9 Å². The molecule has 0 aliphatic carbocycles.